The molecule has 24 heavy (non-hydrogen) atoms. The van der Waals surface area contributed by atoms with Crippen LogP contribution in [0.15, 0.2) is 46.7 Å². The molecule has 0 bridgehead atoms. The molecule has 0 amide bonds. The first-order valence-electron chi connectivity index (χ1n) is 7.47. The van der Waals surface area contributed by atoms with Crippen molar-refractivity contribution in [3.8, 4) is 5.69 Å². The molecule has 0 atom stereocenters. The summed E-state index contributed by atoms with van der Waals surface area (Å²) in [7, 11) is 0. The van der Waals surface area contributed by atoms with Crippen LogP contribution in [-0.2, 0) is 13.0 Å². The molecule has 3 aromatic rings. The van der Waals surface area contributed by atoms with Crippen molar-refractivity contribution in [2.45, 2.75) is 13.0 Å². The van der Waals surface area contributed by atoms with Crippen molar-refractivity contribution in [1.82, 2.24) is 9.78 Å². The van der Waals surface area contributed by atoms with Gasteiger partial charge in [-0.05, 0) is 47.7 Å². The summed E-state index contributed by atoms with van der Waals surface area (Å²) in [6.07, 6.45) is 2.62. The Bertz CT molecular complexity index is 949. The number of benzene rings is 1. The van der Waals surface area contributed by atoms with Crippen LogP contribution in [0.1, 0.15) is 10.4 Å². The average molecular weight is 378 g/mol. The summed E-state index contributed by atoms with van der Waals surface area (Å²) in [5.41, 5.74) is 2.29. The summed E-state index contributed by atoms with van der Waals surface area (Å²) in [5, 5.41) is 7.20. The van der Waals surface area contributed by atoms with E-state index in [0.717, 1.165) is 19.5 Å². The van der Waals surface area contributed by atoms with E-state index in [1.807, 2.05) is 0 Å². The fraction of sp³-hybridized carbons (Fsp3) is 0.176. The standard InChI is InChI=1S/C17H13Cl2N3OS/c18-12-1-3-13(4-2-12)22-17(23)16(19)14(9-20-22)21-7-5-15-11(10-21)6-8-24-15/h1-4,6,8-9H,5,7,10H2. The van der Waals surface area contributed by atoms with E-state index in [4.69, 9.17) is 23.2 Å². The number of halogens is 2. The molecule has 0 N–H and O–H groups in total. The third-order valence-electron chi connectivity index (χ3n) is 4.12. The highest BCUT2D eigenvalue weighted by atomic mass is 35.5. The summed E-state index contributed by atoms with van der Waals surface area (Å²) in [6, 6.07) is 9.05. The highest BCUT2D eigenvalue weighted by Gasteiger charge is 2.21. The zero-order valence-corrected chi connectivity index (χ0v) is 14.9. The lowest BCUT2D eigenvalue weighted by molar-refractivity contribution is 0.727. The van der Waals surface area contributed by atoms with Gasteiger partial charge in [-0.3, -0.25) is 4.79 Å². The molecule has 122 valence electrons. The van der Waals surface area contributed by atoms with Gasteiger partial charge in [0.1, 0.15) is 5.02 Å². The van der Waals surface area contributed by atoms with Crippen molar-refractivity contribution in [2.75, 3.05) is 11.4 Å². The summed E-state index contributed by atoms with van der Waals surface area (Å²) >= 11 is 14.0. The average Bonchev–Trinajstić information content (AvgIpc) is 3.06. The van der Waals surface area contributed by atoms with Gasteiger partial charge in [-0.1, -0.05) is 23.2 Å². The zero-order valence-electron chi connectivity index (χ0n) is 12.6. The summed E-state index contributed by atoms with van der Waals surface area (Å²) in [4.78, 5) is 16.1. The van der Waals surface area contributed by atoms with Crippen molar-refractivity contribution in [2.24, 2.45) is 0 Å². The quantitative estimate of drug-likeness (QED) is 0.672. The number of thiophene rings is 1. The fourth-order valence-electron chi connectivity index (χ4n) is 2.86. The first-order chi connectivity index (χ1) is 11.6. The number of rotatable bonds is 2. The zero-order chi connectivity index (χ0) is 16.7. The third-order valence-corrected chi connectivity index (χ3v) is 5.75. The Morgan fingerprint density at radius 1 is 1.12 bits per heavy atom. The normalized spacial score (nSPS) is 13.8. The van der Waals surface area contributed by atoms with Gasteiger partial charge < -0.3 is 4.90 Å². The van der Waals surface area contributed by atoms with Crippen molar-refractivity contribution < 1.29 is 0 Å². The topological polar surface area (TPSA) is 38.1 Å². The predicted octanol–water partition coefficient (Wildman–Crippen LogP) is 4.16. The van der Waals surface area contributed by atoms with Crippen molar-refractivity contribution >= 4 is 40.2 Å². The monoisotopic (exact) mass is 377 g/mol. The Hall–Kier alpha value is -1.82. The maximum atomic E-state index is 12.6. The van der Waals surface area contributed by atoms with Gasteiger partial charge >= 0.3 is 0 Å². The maximum absolute atomic E-state index is 12.6. The van der Waals surface area contributed by atoms with Gasteiger partial charge in [0.15, 0.2) is 0 Å². The molecule has 1 aliphatic heterocycles. The molecule has 0 saturated carbocycles. The summed E-state index contributed by atoms with van der Waals surface area (Å²) in [5.74, 6) is 0. The van der Waals surface area contributed by atoms with Gasteiger partial charge in [-0.2, -0.15) is 9.78 Å². The van der Waals surface area contributed by atoms with Crippen molar-refractivity contribution in [1.29, 1.82) is 0 Å². The maximum Gasteiger partial charge on any atom is 0.292 e. The highest BCUT2D eigenvalue weighted by Crippen LogP contribution is 2.30. The predicted molar refractivity (Wildman–Crippen MR) is 98.9 cm³/mol. The number of nitrogens with zero attached hydrogens (tertiary/aromatic N) is 3. The van der Waals surface area contributed by atoms with Gasteiger partial charge in [0.25, 0.3) is 5.56 Å². The molecule has 0 saturated heterocycles. The number of aromatic nitrogens is 2. The lowest BCUT2D eigenvalue weighted by Crippen LogP contribution is -2.32. The first-order valence-corrected chi connectivity index (χ1v) is 9.11. The van der Waals surface area contributed by atoms with Gasteiger partial charge in [0, 0.05) is 23.0 Å². The van der Waals surface area contributed by atoms with E-state index in [2.05, 4.69) is 21.4 Å². The largest absolute Gasteiger partial charge is 0.364 e. The van der Waals surface area contributed by atoms with Gasteiger partial charge in [0.05, 0.1) is 17.6 Å². The molecule has 2 aromatic heterocycles. The summed E-state index contributed by atoms with van der Waals surface area (Å²) in [6.45, 7) is 1.59. The van der Waals surface area contributed by atoms with Crippen LogP contribution in [0.4, 0.5) is 5.69 Å². The Kier molecular flexibility index (Phi) is 4.08. The van der Waals surface area contributed by atoms with E-state index in [9.17, 15) is 4.79 Å². The van der Waals surface area contributed by atoms with Crippen molar-refractivity contribution in [3.05, 3.63) is 72.7 Å². The lowest BCUT2D eigenvalue weighted by atomic mass is 10.1. The van der Waals surface area contributed by atoms with E-state index >= 15 is 0 Å². The molecule has 4 nitrogen and oxygen atoms in total. The molecule has 4 rings (SSSR count). The molecule has 0 aliphatic carbocycles. The smallest absolute Gasteiger partial charge is 0.292 e. The van der Waals surface area contributed by atoms with Gasteiger partial charge in [-0.25, -0.2) is 0 Å². The Morgan fingerprint density at radius 2 is 1.92 bits per heavy atom. The summed E-state index contributed by atoms with van der Waals surface area (Å²) < 4.78 is 1.29. The lowest BCUT2D eigenvalue weighted by Gasteiger charge is -2.29. The van der Waals surface area contributed by atoms with E-state index in [-0.39, 0.29) is 10.6 Å². The van der Waals surface area contributed by atoms with Crippen LogP contribution in [0.3, 0.4) is 0 Å². The van der Waals surface area contributed by atoms with Crippen LogP contribution in [0.25, 0.3) is 5.69 Å². The molecule has 0 spiro atoms. The molecule has 3 heterocycles. The van der Waals surface area contributed by atoms with E-state index in [1.165, 1.54) is 15.1 Å². The molecule has 7 heteroatoms. The molecular weight excluding hydrogens is 365 g/mol. The number of anilines is 1. The van der Waals surface area contributed by atoms with Crippen LogP contribution in [-0.4, -0.2) is 16.3 Å². The highest BCUT2D eigenvalue weighted by molar-refractivity contribution is 7.10. The molecule has 0 unspecified atom stereocenters. The number of fused-ring (bicyclic) bond motifs is 1. The second kappa shape index (κ2) is 6.24. The Labute approximate surface area is 152 Å². The third kappa shape index (κ3) is 2.73. The van der Waals surface area contributed by atoms with E-state index in [1.54, 1.807) is 41.8 Å². The fourth-order valence-corrected chi connectivity index (χ4v) is 4.13. The molecule has 0 radical (unpaired) electrons. The van der Waals surface area contributed by atoms with E-state index in [0.29, 0.717) is 16.4 Å². The molecule has 1 aromatic carbocycles. The van der Waals surface area contributed by atoms with Crippen LogP contribution in [0.2, 0.25) is 10.0 Å². The van der Waals surface area contributed by atoms with Gasteiger partial charge in [-0.15, -0.1) is 11.3 Å². The Morgan fingerprint density at radius 3 is 2.71 bits per heavy atom. The molecular formula is C17H13Cl2N3OS. The first kappa shape index (κ1) is 15.7. The van der Waals surface area contributed by atoms with Gasteiger partial charge in [0.2, 0.25) is 0 Å². The second-order valence-corrected chi connectivity index (χ2v) is 7.39. The van der Waals surface area contributed by atoms with Crippen LogP contribution in [0, 0.1) is 0 Å². The minimum Gasteiger partial charge on any atom is -0.364 e. The second-order valence-electron chi connectivity index (χ2n) is 5.58. The van der Waals surface area contributed by atoms with Crippen LogP contribution in [0.5, 0.6) is 0 Å². The Balaban J connectivity index is 1.71. The SMILES string of the molecule is O=c1c(Cl)c(N2CCc3sccc3C2)cnn1-c1ccc(Cl)cc1. The minimum atomic E-state index is -0.326. The minimum absolute atomic E-state index is 0.193. The number of hydrogen-bond acceptors (Lipinski definition) is 4. The van der Waals surface area contributed by atoms with Crippen molar-refractivity contribution in [3.63, 3.8) is 0 Å². The van der Waals surface area contributed by atoms with Crippen LogP contribution >= 0.6 is 34.5 Å². The molecule has 0 fully saturated rings. The van der Waals surface area contributed by atoms with Crippen LogP contribution < -0.4 is 10.5 Å². The number of hydrogen-bond donors (Lipinski definition) is 0. The molecule has 1 aliphatic rings. The van der Waals surface area contributed by atoms with E-state index < -0.39 is 0 Å².